The van der Waals surface area contributed by atoms with E-state index in [4.69, 9.17) is 4.74 Å². The van der Waals surface area contributed by atoms with E-state index in [1.54, 1.807) is 6.92 Å². The summed E-state index contributed by atoms with van der Waals surface area (Å²) in [6.07, 6.45) is -5.04. The summed E-state index contributed by atoms with van der Waals surface area (Å²) in [7, 11) is 0. The first kappa shape index (κ1) is 17.9. The van der Waals surface area contributed by atoms with Crippen LogP contribution in [0.3, 0.4) is 0 Å². The molecule has 1 heterocycles. The van der Waals surface area contributed by atoms with Crippen molar-refractivity contribution >= 4 is 11.6 Å². The molecule has 0 saturated heterocycles. The third-order valence-corrected chi connectivity index (χ3v) is 2.58. The summed E-state index contributed by atoms with van der Waals surface area (Å²) in [5.41, 5.74) is -3.79. The van der Waals surface area contributed by atoms with Crippen LogP contribution in [-0.2, 0) is 17.5 Å². The SMILES string of the molecule is CCNC(=O)c1c([N+](=O)[O-])c(C(F)(F)F)nn1CCOCC. The molecule has 22 heavy (non-hydrogen) atoms. The molecule has 8 nitrogen and oxygen atoms in total. The molecular weight excluding hydrogens is 309 g/mol. The van der Waals surface area contributed by atoms with Crippen molar-refractivity contribution in [3.05, 3.63) is 21.5 Å². The number of aromatic nitrogens is 2. The van der Waals surface area contributed by atoms with E-state index in [9.17, 15) is 28.1 Å². The molecule has 0 aliphatic rings. The molecule has 124 valence electrons. The summed E-state index contributed by atoms with van der Waals surface area (Å²) in [6, 6.07) is 0. The van der Waals surface area contributed by atoms with Gasteiger partial charge in [-0.1, -0.05) is 0 Å². The number of nitrogens with zero attached hydrogens (tertiary/aromatic N) is 3. The van der Waals surface area contributed by atoms with Crippen LogP contribution in [0.5, 0.6) is 0 Å². The number of nitrogens with one attached hydrogen (secondary N) is 1. The van der Waals surface area contributed by atoms with Crippen LogP contribution in [0, 0.1) is 10.1 Å². The number of halogens is 3. The average Bonchev–Trinajstić information content (AvgIpc) is 2.79. The molecule has 1 rings (SSSR count). The molecule has 1 N–H and O–H groups in total. The Hall–Kier alpha value is -2.17. The molecule has 0 aromatic carbocycles. The average molecular weight is 324 g/mol. The molecule has 0 radical (unpaired) electrons. The summed E-state index contributed by atoms with van der Waals surface area (Å²) in [5.74, 6) is -0.992. The smallest absolute Gasteiger partial charge is 0.380 e. The third-order valence-electron chi connectivity index (χ3n) is 2.58. The number of carbonyl (C=O) groups is 1. The van der Waals surface area contributed by atoms with Crippen molar-refractivity contribution in [3.8, 4) is 0 Å². The summed E-state index contributed by atoms with van der Waals surface area (Å²) in [6.45, 7) is 3.39. The van der Waals surface area contributed by atoms with E-state index >= 15 is 0 Å². The standard InChI is InChI=1S/C11H15F3N4O4/c1-3-15-10(19)8-7(18(20)21)9(11(12,13)14)16-17(8)5-6-22-4-2/h3-6H2,1-2H3,(H,15,19). The normalized spacial score (nSPS) is 11.5. The lowest BCUT2D eigenvalue weighted by molar-refractivity contribution is -0.388. The van der Waals surface area contributed by atoms with Crippen LogP contribution in [-0.4, -0.2) is 40.4 Å². The lowest BCUT2D eigenvalue weighted by Gasteiger charge is -2.06. The zero-order chi connectivity index (χ0) is 16.9. The lowest BCUT2D eigenvalue weighted by Crippen LogP contribution is -2.27. The van der Waals surface area contributed by atoms with Gasteiger partial charge in [-0.05, 0) is 13.8 Å². The summed E-state index contributed by atoms with van der Waals surface area (Å²) >= 11 is 0. The number of hydrogen-bond acceptors (Lipinski definition) is 5. The molecule has 0 saturated carbocycles. The van der Waals surface area contributed by atoms with Crippen molar-refractivity contribution in [2.75, 3.05) is 19.8 Å². The van der Waals surface area contributed by atoms with Gasteiger partial charge in [-0.3, -0.25) is 19.6 Å². The highest BCUT2D eigenvalue weighted by atomic mass is 19.4. The van der Waals surface area contributed by atoms with Crippen LogP contribution in [0.1, 0.15) is 30.0 Å². The van der Waals surface area contributed by atoms with Gasteiger partial charge in [0.25, 0.3) is 5.91 Å². The molecule has 0 aliphatic carbocycles. The first-order chi connectivity index (χ1) is 10.2. The molecule has 0 fully saturated rings. The van der Waals surface area contributed by atoms with Gasteiger partial charge in [-0.15, -0.1) is 0 Å². The Kier molecular flexibility index (Phi) is 5.85. The Morgan fingerprint density at radius 1 is 1.45 bits per heavy atom. The molecule has 1 aromatic rings. The number of alkyl halides is 3. The quantitative estimate of drug-likeness (QED) is 0.466. The fourth-order valence-electron chi connectivity index (χ4n) is 1.74. The van der Waals surface area contributed by atoms with Crippen molar-refractivity contribution in [1.29, 1.82) is 0 Å². The van der Waals surface area contributed by atoms with Crippen LogP contribution in [0.2, 0.25) is 0 Å². The van der Waals surface area contributed by atoms with Crippen LogP contribution in [0.15, 0.2) is 0 Å². The number of ether oxygens (including phenoxy) is 1. The zero-order valence-corrected chi connectivity index (χ0v) is 11.9. The van der Waals surface area contributed by atoms with Gasteiger partial charge in [0, 0.05) is 13.2 Å². The highest BCUT2D eigenvalue weighted by molar-refractivity contribution is 5.97. The molecule has 0 spiro atoms. The van der Waals surface area contributed by atoms with Crippen LogP contribution < -0.4 is 5.32 Å². The van der Waals surface area contributed by atoms with Crippen molar-refractivity contribution in [1.82, 2.24) is 15.1 Å². The van der Waals surface area contributed by atoms with Crippen LogP contribution in [0.4, 0.5) is 18.9 Å². The topological polar surface area (TPSA) is 99.3 Å². The van der Waals surface area contributed by atoms with Gasteiger partial charge in [0.1, 0.15) is 0 Å². The Balaban J connectivity index is 3.41. The maximum atomic E-state index is 12.9. The van der Waals surface area contributed by atoms with Crippen molar-refractivity contribution in [3.63, 3.8) is 0 Å². The summed E-state index contributed by atoms with van der Waals surface area (Å²) in [4.78, 5) is 21.6. The second kappa shape index (κ2) is 7.20. The number of hydrogen-bond donors (Lipinski definition) is 1. The number of nitro groups is 1. The first-order valence-electron chi connectivity index (χ1n) is 6.42. The Bertz CT molecular complexity index is 556. The zero-order valence-electron chi connectivity index (χ0n) is 11.9. The fourth-order valence-corrected chi connectivity index (χ4v) is 1.74. The van der Waals surface area contributed by atoms with E-state index in [0.29, 0.717) is 11.3 Å². The van der Waals surface area contributed by atoms with Crippen LogP contribution in [0.25, 0.3) is 0 Å². The third kappa shape index (κ3) is 3.93. The van der Waals surface area contributed by atoms with Gasteiger partial charge in [-0.2, -0.15) is 18.3 Å². The van der Waals surface area contributed by atoms with E-state index in [0.717, 1.165) is 0 Å². The van der Waals surface area contributed by atoms with Crippen molar-refractivity contribution < 1.29 is 27.6 Å². The summed E-state index contributed by atoms with van der Waals surface area (Å²) in [5, 5.41) is 16.4. The maximum Gasteiger partial charge on any atom is 0.442 e. The highest BCUT2D eigenvalue weighted by Crippen LogP contribution is 2.37. The minimum atomic E-state index is -5.04. The Morgan fingerprint density at radius 2 is 2.09 bits per heavy atom. The van der Waals surface area contributed by atoms with Crippen molar-refractivity contribution in [2.45, 2.75) is 26.6 Å². The van der Waals surface area contributed by atoms with Crippen LogP contribution >= 0.6 is 0 Å². The van der Waals surface area contributed by atoms with Gasteiger partial charge < -0.3 is 10.1 Å². The second-order valence-electron chi connectivity index (χ2n) is 4.08. The predicted molar refractivity (Wildman–Crippen MR) is 68.4 cm³/mol. The monoisotopic (exact) mass is 324 g/mol. The molecular formula is C11H15F3N4O4. The predicted octanol–water partition coefficient (Wildman–Crippen LogP) is 1.60. The Morgan fingerprint density at radius 3 is 2.55 bits per heavy atom. The molecule has 1 amide bonds. The number of amides is 1. The fraction of sp³-hybridized carbons (Fsp3) is 0.636. The van der Waals surface area contributed by atoms with E-state index in [1.165, 1.54) is 6.92 Å². The molecule has 0 bridgehead atoms. The number of carbonyl (C=O) groups excluding carboxylic acids is 1. The van der Waals surface area contributed by atoms with E-state index in [1.807, 2.05) is 0 Å². The van der Waals surface area contributed by atoms with E-state index < -0.39 is 34.1 Å². The van der Waals surface area contributed by atoms with Gasteiger partial charge in [-0.25, -0.2) is 0 Å². The van der Waals surface area contributed by atoms with E-state index in [-0.39, 0.29) is 19.7 Å². The first-order valence-corrected chi connectivity index (χ1v) is 6.42. The summed E-state index contributed by atoms with van der Waals surface area (Å²) < 4.78 is 44.3. The second-order valence-corrected chi connectivity index (χ2v) is 4.08. The molecule has 11 heteroatoms. The van der Waals surface area contributed by atoms with Gasteiger partial charge in [0.05, 0.1) is 18.1 Å². The minimum Gasteiger partial charge on any atom is -0.380 e. The van der Waals surface area contributed by atoms with E-state index in [2.05, 4.69) is 10.4 Å². The van der Waals surface area contributed by atoms with Gasteiger partial charge in [0.15, 0.2) is 0 Å². The maximum absolute atomic E-state index is 12.9. The van der Waals surface area contributed by atoms with Gasteiger partial charge >= 0.3 is 11.9 Å². The van der Waals surface area contributed by atoms with Gasteiger partial charge in [0.2, 0.25) is 11.4 Å². The highest BCUT2D eigenvalue weighted by Gasteiger charge is 2.46. The Labute approximate surface area is 123 Å². The molecule has 1 aromatic heterocycles. The molecule has 0 atom stereocenters. The van der Waals surface area contributed by atoms with Crippen molar-refractivity contribution in [2.24, 2.45) is 0 Å². The largest absolute Gasteiger partial charge is 0.442 e. The molecule has 0 aliphatic heterocycles. The lowest BCUT2D eigenvalue weighted by atomic mass is 10.2. The minimum absolute atomic E-state index is 0.0287. The number of rotatable bonds is 7. The molecule has 0 unspecified atom stereocenters.